The molecule has 0 bridgehead atoms. The quantitative estimate of drug-likeness (QED) is 0.671. The molecular formula is C14H17NO. The van der Waals surface area contributed by atoms with Crippen molar-refractivity contribution in [1.82, 2.24) is 0 Å². The van der Waals surface area contributed by atoms with Crippen LogP contribution < -0.4 is 4.90 Å². The maximum Gasteiger partial charge on any atom is 0.159 e. The van der Waals surface area contributed by atoms with Gasteiger partial charge in [-0.2, -0.15) is 0 Å². The number of aryl methyl sites for hydroxylation is 2. The van der Waals surface area contributed by atoms with E-state index in [1.807, 2.05) is 0 Å². The monoisotopic (exact) mass is 215 g/mol. The zero-order valence-corrected chi connectivity index (χ0v) is 9.75. The van der Waals surface area contributed by atoms with E-state index >= 15 is 0 Å². The van der Waals surface area contributed by atoms with Gasteiger partial charge < -0.3 is 4.90 Å². The standard InChI is InChI=1S/C14H17NO/c1-10(16)13-8-11-4-2-6-15-7-3-5-12(9-13)14(11)15/h8-9H,2-7H2,1H3. The van der Waals surface area contributed by atoms with Crippen molar-refractivity contribution >= 4 is 11.5 Å². The minimum atomic E-state index is 0.196. The zero-order valence-electron chi connectivity index (χ0n) is 9.75. The summed E-state index contributed by atoms with van der Waals surface area (Å²) in [4.78, 5) is 14.0. The molecule has 16 heavy (non-hydrogen) atoms. The highest BCUT2D eigenvalue weighted by molar-refractivity contribution is 5.95. The van der Waals surface area contributed by atoms with E-state index < -0.39 is 0 Å². The van der Waals surface area contributed by atoms with E-state index in [-0.39, 0.29) is 5.78 Å². The first-order valence-corrected chi connectivity index (χ1v) is 6.17. The Morgan fingerprint density at radius 2 is 1.69 bits per heavy atom. The molecule has 0 saturated heterocycles. The van der Waals surface area contributed by atoms with E-state index in [1.54, 1.807) is 6.92 Å². The molecule has 1 aromatic rings. The largest absolute Gasteiger partial charge is 0.371 e. The third kappa shape index (κ3) is 1.44. The highest BCUT2D eigenvalue weighted by Gasteiger charge is 2.24. The second kappa shape index (κ2) is 3.62. The molecule has 0 aliphatic carbocycles. The molecule has 0 radical (unpaired) electrons. The normalized spacial score (nSPS) is 18.2. The van der Waals surface area contributed by atoms with Crippen molar-refractivity contribution in [3.63, 3.8) is 0 Å². The Hall–Kier alpha value is -1.31. The fourth-order valence-electron chi connectivity index (χ4n) is 3.01. The number of anilines is 1. The van der Waals surface area contributed by atoms with Gasteiger partial charge in [-0.25, -0.2) is 0 Å². The molecule has 0 atom stereocenters. The van der Waals surface area contributed by atoms with Gasteiger partial charge in [0.05, 0.1) is 0 Å². The molecule has 3 rings (SSSR count). The van der Waals surface area contributed by atoms with Crippen LogP contribution in [0.15, 0.2) is 12.1 Å². The zero-order chi connectivity index (χ0) is 11.1. The van der Waals surface area contributed by atoms with Crippen LogP contribution >= 0.6 is 0 Å². The number of ketones is 1. The molecule has 2 heteroatoms. The van der Waals surface area contributed by atoms with Gasteiger partial charge in [-0.15, -0.1) is 0 Å². The summed E-state index contributed by atoms with van der Waals surface area (Å²) >= 11 is 0. The van der Waals surface area contributed by atoms with Crippen molar-refractivity contribution in [3.05, 3.63) is 28.8 Å². The van der Waals surface area contributed by atoms with Gasteiger partial charge in [-0.1, -0.05) is 0 Å². The highest BCUT2D eigenvalue weighted by atomic mass is 16.1. The van der Waals surface area contributed by atoms with E-state index in [1.165, 1.54) is 42.7 Å². The van der Waals surface area contributed by atoms with Crippen LogP contribution in [-0.2, 0) is 12.8 Å². The Morgan fingerprint density at radius 1 is 1.12 bits per heavy atom. The molecule has 0 amide bonds. The lowest BCUT2D eigenvalue weighted by Crippen LogP contribution is -2.34. The van der Waals surface area contributed by atoms with Crippen LogP contribution in [0.4, 0.5) is 5.69 Å². The number of hydrogen-bond donors (Lipinski definition) is 0. The third-order valence-electron chi connectivity index (χ3n) is 3.74. The number of nitrogens with zero attached hydrogens (tertiary/aromatic N) is 1. The van der Waals surface area contributed by atoms with Gasteiger partial charge in [0.2, 0.25) is 0 Å². The minimum Gasteiger partial charge on any atom is -0.371 e. The van der Waals surface area contributed by atoms with Crippen LogP contribution in [0.2, 0.25) is 0 Å². The molecule has 0 unspecified atom stereocenters. The number of rotatable bonds is 1. The molecule has 0 saturated carbocycles. The third-order valence-corrected chi connectivity index (χ3v) is 3.74. The summed E-state index contributed by atoms with van der Waals surface area (Å²) in [5.74, 6) is 0.196. The first-order valence-electron chi connectivity index (χ1n) is 6.17. The van der Waals surface area contributed by atoms with Gasteiger partial charge in [-0.05, 0) is 55.9 Å². The van der Waals surface area contributed by atoms with E-state index in [0.717, 1.165) is 18.4 Å². The number of benzene rings is 1. The van der Waals surface area contributed by atoms with Crippen molar-refractivity contribution < 1.29 is 4.79 Å². The molecule has 0 aromatic heterocycles. The van der Waals surface area contributed by atoms with Crippen LogP contribution in [0, 0.1) is 0 Å². The van der Waals surface area contributed by atoms with Crippen LogP contribution in [0.3, 0.4) is 0 Å². The van der Waals surface area contributed by atoms with Crippen molar-refractivity contribution in [1.29, 1.82) is 0 Å². The van der Waals surface area contributed by atoms with Gasteiger partial charge in [0.1, 0.15) is 0 Å². The lowest BCUT2D eigenvalue weighted by Gasteiger charge is -2.37. The van der Waals surface area contributed by atoms with Crippen LogP contribution in [-0.4, -0.2) is 18.9 Å². The van der Waals surface area contributed by atoms with Crippen LogP contribution in [0.5, 0.6) is 0 Å². The summed E-state index contributed by atoms with van der Waals surface area (Å²) in [5, 5.41) is 0. The Balaban J connectivity index is 2.17. The first-order chi connectivity index (χ1) is 7.75. The molecule has 2 heterocycles. The average molecular weight is 215 g/mol. The van der Waals surface area contributed by atoms with Gasteiger partial charge in [0.15, 0.2) is 5.78 Å². The summed E-state index contributed by atoms with van der Waals surface area (Å²) in [6, 6.07) is 4.22. The first kappa shape index (κ1) is 9.88. The highest BCUT2D eigenvalue weighted by Crippen LogP contribution is 2.36. The Labute approximate surface area is 96.3 Å². The fourth-order valence-corrected chi connectivity index (χ4v) is 3.01. The Morgan fingerprint density at radius 3 is 2.19 bits per heavy atom. The second-order valence-electron chi connectivity index (χ2n) is 4.89. The predicted molar refractivity (Wildman–Crippen MR) is 65.3 cm³/mol. The summed E-state index contributed by atoms with van der Waals surface area (Å²) in [5.41, 5.74) is 5.14. The molecule has 0 N–H and O–H groups in total. The minimum absolute atomic E-state index is 0.196. The molecule has 2 nitrogen and oxygen atoms in total. The number of Topliss-reactive ketones (excluding diaryl/α,β-unsaturated/α-hetero) is 1. The molecule has 0 fully saturated rings. The van der Waals surface area contributed by atoms with Crippen LogP contribution in [0.25, 0.3) is 0 Å². The Kier molecular flexibility index (Phi) is 2.23. The molecular weight excluding hydrogens is 198 g/mol. The SMILES string of the molecule is CC(=O)c1cc2c3c(c1)CCCN3CCC2. The predicted octanol–water partition coefficient (Wildman–Crippen LogP) is 2.59. The summed E-state index contributed by atoms with van der Waals surface area (Å²) in [6.45, 7) is 4.05. The van der Waals surface area contributed by atoms with E-state index in [4.69, 9.17) is 0 Å². The van der Waals surface area contributed by atoms with Gasteiger partial charge in [0, 0.05) is 24.3 Å². The smallest absolute Gasteiger partial charge is 0.159 e. The average Bonchev–Trinajstić information content (AvgIpc) is 2.29. The molecule has 84 valence electrons. The van der Waals surface area contributed by atoms with E-state index in [2.05, 4.69) is 17.0 Å². The summed E-state index contributed by atoms with van der Waals surface area (Å²) < 4.78 is 0. The summed E-state index contributed by atoms with van der Waals surface area (Å²) in [7, 11) is 0. The van der Waals surface area contributed by atoms with Crippen LogP contribution in [0.1, 0.15) is 41.3 Å². The maximum absolute atomic E-state index is 11.5. The van der Waals surface area contributed by atoms with E-state index in [9.17, 15) is 4.79 Å². The number of hydrogen-bond acceptors (Lipinski definition) is 2. The summed E-state index contributed by atoms with van der Waals surface area (Å²) in [6.07, 6.45) is 4.74. The van der Waals surface area contributed by atoms with Gasteiger partial charge in [0.25, 0.3) is 0 Å². The molecule has 0 spiro atoms. The molecule has 2 aliphatic rings. The lowest BCUT2D eigenvalue weighted by molar-refractivity contribution is 0.101. The molecule has 2 aliphatic heterocycles. The van der Waals surface area contributed by atoms with Gasteiger partial charge in [-0.3, -0.25) is 4.79 Å². The second-order valence-corrected chi connectivity index (χ2v) is 4.89. The van der Waals surface area contributed by atoms with Crippen molar-refractivity contribution in [3.8, 4) is 0 Å². The van der Waals surface area contributed by atoms with Crippen molar-refractivity contribution in [2.45, 2.75) is 32.6 Å². The fraction of sp³-hybridized carbons (Fsp3) is 0.500. The maximum atomic E-state index is 11.5. The van der Waals surface area contributed by atoms with Gasteiger partial charge >= 0.3 is 0 Å². The Bertz CT molecular complexity index is 419. The van der Waals surface area contributed by atoms with Crippen molar-refractivity contribution in [2.75, 3.05) is 18.0 Å². The van der Waals surface area contributed by atoms with Crippen molar-refractivity contribution in [2.24, 2.45) is 0 Å². The molecule has 1 aromatic carbocycles. The van der Waals surface area contributed by atoms with E-state index in [0.29, 0.717) is 0 Å². The lowest BCUT2D eigenvalue weighted by atomic mass is 9.89. The topological polar surface area (TPSA) is 20.3 Å². The number of carbonyl (C=O) groups is 1. The number of carbonyl (C=O) groups excluding carboxylic acids is 1.